The van der Waals surface area contributed by atoms with Crippen LogP contribution in [0, 0.1) is 0 Å². The van der Waals surface area contributed by atoms with Crippen LogP contribution in [-0.2, 0) is 4.74 Å². The van der Waals surface area contributed by atoms with Crippen LogP contribution < -0.4 is 0 Å². The highest BCUT2D eigenvalue weighted by Crippen LogP contribution is 2.17. The molecule has 0 fully saturated rings. The van der Waals surface area contributed by atoms with Gasteiger partial charge in [-0.05, 0) is 40.0 Å². The number of carbonyl (C=O) groups is 1. The van der Waals surface area contributed by atoms with Gasteiger partial charge >= 0.3 is 6.09 Å². The lowest BCUT2D eigenvalue weighted by atomic mass is 10.0. The zero-order valence-corrected chi connectivity index (χ0v) is 10.1. The van der Waals surface area contributed by atoms with Crippen molar-refractivity contribution in [2.24, 2.45) is 0 Å². The molecule has 0 N–H and O–H groups in total. The number of hydrogen-bond donors (Lipinski definition) is 0. The van der Waals surface area contributed by atoms with E-state index >= 15 is 0 Å². The van der Waals surface area contributed by atoms with Gasteiger partial charge in [0.2, 0.25) is 0 Å². The summed E-state index contributed by atoms with van der Waals surface area (Å²) in [5, 5.41) is 0. The molecule has 1 rings (SSSR count). The fraction of sp³-hybridized carbons (Fsp3) is 0.750. The van der Waals surface area contributed by atoms with E-state index in [-0.39, 0.29) is 12.1 Å². The molecule has 0 heterocycles. The van der Waals surface area contributed by atoms with Crippen LogP contribution in [0.15, 0.2) is 12.2 Å². The van der Waals surface area contributed by atoms with Gasteiger partial charge in [0.05, 0.1) is 6.04 Å². The average molecular weight is 211 g/mol. The maximum atomic E-state index is 11.7. The normalized spacial score (nSPS) is 21.2. The minimum Gasteiger partial charge on any atom is -0.444 e. The number of amides is 1. The summed E-state index contributed by atoms with van der Waals surface area (Å²) in [5.74, 6) is 0. The molecule has 1 aliphatic carbocycles. The fourth-order valence-corrected chi connectivity index (χ4v) is 1.59. The molecule has 3 nitrogen and oxygen atoms in total. The number of ether oxygens (including phenoxy) is 1. The first-order valence-electron chi connectivity index (χ1n) is 5.52. The van der Waals surface area contributed by atoms with Crippen molar-refractivity contribution in [3.05, 3.63) is 12.2 Å². The molecule has 86 valence electrons. The Labute approximate surface area is 92.1 Å². The second-order valence-electron chi connectivity index (χ2n) is 5.02. The van der Waals surface area contributed by atoms with E-state index in [1.54, 1.807) is 11.9 Å². The molecular weight excluding hydrogens is 190 g/mol. The molecule has 0 bridgehead atoms. The summed E-state index contributed by atoms with van der Waals surface area (Å²) in [4.78, 5) is 13.4. The lowest BCUT2D eigenvalue weighted by Crippen LogP contribution is -2.40. The number of allylic oxidation sites excluding steroid dienone is 1. The van der Waals surface area contributed by atoms with Gasteiger partial charge in [0.1, 0.15) is 5.60 Å². The van der Waals surface area contributed by atoms with E-state index in [4.69, 9.17) is 4.74 Å². The Morgan fingerprint density at radius 2 is 2.13 bits per heavy atom. The van der Waals surface area contributed by atoms with E-state index in [0.717, 1.165) is 19.3 Å². The third-order valence-electron chi connectivity index (χ3n) is 2.41. The highest BCUT2D eigenvalue weighted by atomic mass is 16.6. The van der Waals surface area contributed by atoms with Crippen molar-refractivity contribution < 1.29 is 9.53 Å². The van der Waals surface area contributed by atoms with Crippen molar-refractivity contribution >= 4 is 6.09 Å². The molecule has 15 heavy (non-hydrogen) atoms. The molecule has 0 aromatic heterocycles. The Morgan fingerprint density at radius 3 is 2.60 bits per heavy atom. The smallest absolute Gasteiger partial charge is 0.410 e. The summed E-state index contributed by atoms with van der Waals surface area (Å²) in [6.45, 7) is 5.65. The minimum absolute atomic E-state index is 0.202. The molecule has 0 aliphatic heterocycles. The Morgan fingerprint density at radius 1 is 1.47 bits per heavy atom. The summed E-state index contributed by atoms with van der Waals surface area (Å²) >= 11 is 0. The van der Waals surface area contributed by atoms with E-state index < -0.39 is 5.60 Å². The summed E-state index contributed by atoms with van der Waals surface area (Å²) in [5.41, 5.74) is -0.413. The van der Waals surface area contributed by atoms with Crippen molar-refractivity contribution in [1.29, 1.82) is 0 Å². The summed E-state index contributed by atoms with van der Waals surface area (Å²) in [6.07, 6.45) is 7.29. The fourth-order valence-electron chi connectivity index (χ4n) is 1.59. The molecular formula is C12H21NO2. The van der Waals surface area contributed by atoms with Crippen LogP contribution in [0.2, 0.25) is 0 Å². The Hall–Kier alpha value is -0.990. The van der Waals surface area contributed by atoms with Gasteiger partial charge in [0.15, 0.2) is 0 Å². The van der Waals surface area contributed by atoms with E-state index in [1.165, 1.54) is 0 Å². The molecule has 0 aromatic rings. The first-order chi connectivity index (χ1) is 6.90. The van der Waals surface area contributed by atoms with Crippen LogP contribution in [0.3, 0.4) is 0 Å². The number of nitrogens with zero attached hydrogens (tertiary/aromatic N) is 1. The first-order valence-corrected chi connectivity index (χ1v) is 5.52. The molecule has 0 aromatic carbocycles. The number of rotatable bonds is 1. The van der Waals surface area contributed by atoms with E-state index in [9.17, 15) is 4.79 Å². The Bertz CT molecular complexity index is 253. The van der Waals surface area contributed by atoms with E-state index in [0.29, 0.717) is 0 Å². The van der Waals surface area contributed by atoms with Gasteiger partial charge in [-0.2, -0.15) is 0 Å². The monoisotopic (exact) mass is 211 g/mol. The van der Waals surface area contributed by atoms with Gasteiger partial charge in [0, 0.05) is 7.05 Å². The van der Waals surface area contributed by atoms with E-state index in [2.05, 4.69) is 12.2 Å². The predicted molar refractivity (Wildman–Crippen MR) is 60.8 cm³/mol. The molecule has 0 radical (unpaired) electrons. The number of hydrogen-bond acceptors (Lipinski definition) is 2. The standard InChI is InChI=1S/C12H21NO2/c1-12(2,3)15-11(14)13(4)10-8-6-5-7-9-10/h6,8,10H,5,7,9H2,1-4H3. The van der Waals surface area contributed by atoms with Crippen molar-refractivity contribution in [3.63, 3.8) is 0 Å². The zero-order valence-electron chi connectivity index (χ0n) is 10.1. The molecule has 3 heteroatoms. The second kappa shape index (κ2) is 4.69. The zero-order chi connectivity index (χ0) is 11.5. The lowest BCUT2D eigenvalue weighted by Gasteiger charge is -2.30. The quantitative estimate of drug-likeness (QED) is 0.624. The first kappa shape index (κ1) is 12.1. The van der Waals surface area contributed by atoms with Crippen molar-refractivity contribution in [3.8, 4) is 0 Å². The van der Waals surface area contributed by atoms with Crippen molar-refractivity contribution in [2.45, 2.75) is 51.7 Å². The number of likely N-dealkylation sites (N-methyl/N-ethyl adjacent to an activating group) is 1. The molecule has 1 amide bonds. The summed E-state index contributed by atoms with van der Waals surface area (Å²) < 4.78 is 5.31. The van der Waals surface area contributed by atoms with Crippen LogP contribution >= 0.6 is 0 Å². The molecule has 0 saturated heterocycles. The summed E-state index contributed by atoms with van der Waals surface area (Å²) in [6, 6.07) is 0.202. The molecule has 0 saturated carbocycles. The van der Waals surface area contributed by atoms with Crippen LogP contribution in [-0.4, -0.2) is 29.7 Å². The van der Waals surface area contributed by atoms with Crippen molar-refractivity contribution in [2.75, 3.05) is 7.05 Å². The topological polar surface area (TPSA) is 29.5 Å². The highest BCUT2D eigenvalue weighted by Gasteiger charge is 2.24. The third-order valence-corrected chi connectivity index (χ3v) is 2.41. The predicted octanol–water partition coefficient (Wildman–Crippen LogP) is 2.96. The van der Waals surface area contributed by atoms with E-state index in [1.807, 2.05) is 20.8 Å². The molecule has 1 aliphatic rings. The van der Waals surface area contributed by atoms with Crippen LogP contribution in [0.5, 0.6) is 0 Å². The van der Waals surface area contributed by atoms with Crippen molar-refractivity contribution in [1.82, 2.24) is 4.90 Å². The largest absolute Gasteiger partial charge is 0.444 e. The molecule has 1 unspecified atom stereocenters. The average Bonchev–Trinajstić information content (AvgIpc) is 2.15. The lowest BCUT2D eigenvalue weighted by molar-refractivity contribution is 0.0246. The van der Waals surface area contributed by atoms with Gasteiger partial charge < -0.3 is 9.64 Å². The third kappa shape index (κ3) is 3.94. The second-order valence-corrected chi connectivity index (χ2v) is 5.02. The minimum atomic E-state index is -0.413. The number of carbonyl (C=O) groups excluding carboxylic acids is 1. The van der Waals surface area contributed by atoms with Gasteiger partial charge in [-0.3, -0.25) is 0 Å². The summed E-state index contributed by atoms with van der Waals surface area (Å²) in [7, 11) is 1.80. The van der Waals surface area contributed by atoms with Crippen LogP contribution in [0.25, 0.3) is 0 Å². The van der Waals surface area contributed by atoms with Gasteiger partial charge in [0.25, 0.3) is 0 Å². The van der Waals surface area contributed by atoms with Gasteiger partial charge in [-0.1, -0.05) is 12.2 Å². The van der Waals surface area contributed by atoms with Gasteiger partial charge in [-0.15, -0.1) is 0 Å². The Balaban J connectivity index is 2.52. The van der Waals surface area contributed by atoms with Crippen LogP contribution in [0.1, 0.15) is 40.0 Å². The Kier molecular flexibility index (Phi) is 3.77. The van der Waals surface area contributed by atoms with Gasteiger partial charge in [-0.25, -0.2) is 4.79 Å². The molecule has 1 atom stereocenters. The van der Waals surface area contributed by atoms with Crippen LogP contribution in [0.4, 0.5) is 4.79 Å². The highest BCUT2D eigenvalue weighted by molar-refractivity contribution is 5.68. The molecule has 0 spiro atoms. The maximum Gasteiger partial charge on any atom is 0.410 e. The maximum absolute atomic E-state index is 11.7. The SMILES string of the molecule is CN(C(=O)OC(C)(C)C)C1C=CCCC1.